The number of anilines is 2. The van der Waals surface area contributed by atoms with E-state index in [0.717, 1.165) is 10.9 Å². The van der Waals surface area contributed by atoms with Crippen LogP contribution in [0.5, 0.6) is 0 Å². The number of pyridine rings is 1. The van der Waals surface area contributed by atoms with Gasteiger partial charge in [0.1, 0.15) is 11.3 Å². The highest BCUT2D eigenvalue weighted by atomic mass is 35.5. The Bertz CT molecular complexity index is 1330. The Labute approximate surface area is 178 Å². The SMILES string of the molecule is O=S(=O)(Nc1ccc2ccccc2n1)N1CCN(c2nc3ccc(Cl)cc3o2)CC1. The van der Waals surface area contributed by atoms with Crippen LogP contribution in [0.3, 0.4) is 0 Å². The highest BCUT2D eigenvalue weighted by molar-refractivity contribution is 7.90. The van der Waals surface area contributed by atoms with E-state index in [1.54, 1.807) is 24.3 Å². The minimum atomic E-state index is -3.72. The third-order valence-electron chi connectivity index (χ3n) is 5.02. The van der Waals surface area contributed by atoms with Crippen molar-refractivity contribution in [3.8, 4) is 0 Å². The molecule has 3 heterocycles. The summed E-state index contributed by atoms with van der Waals surface area (Å²) >= 11 is 5.99. The minimum Gasteiger partial charge on any atom is -0.423 e. The van der Waals surface area contributed by atoms with Crippen LogP contribution in [0.1, 0.15) is 0 Å². The Hall–Kier alpha value is -2.88. The molecule has 1 aliphatic rings. The minimum absolute atomic E-state index is 0.298. The number of para-hydroxylation sites is 1. The summed E-state index contributed by atoms with van der Waals surface area (Å²) in [4.78, 5) is 10.8. The number of nitrogens with zero attached hydrogens (tertiary/aromatic N) is 4. The molecule has 1 aliphatic heterocycles. The third kappa shape index (κ3) is 3.67. The molecule has 1 N–H and O–H groups in total. The number of benzene rings is 2. The van der Waals surface area contributed by atoms with Crippen molar-refractivity contribution < 1.29 is 12.8 Å². The van der Waals surface area contributed by atoms with E-state index >= 15 is 0 Å². The van der Waals surface area contributed by atoms with Crippen molar-refractivity contribution in [2.75, 3.05) is 35.8 Å². The van der Waals surface area contributed by atoms with Crippen LogP contribution in [0.2, 0.25) is 5.02 Å². The first-order chi connectivity index (χ1) is 14.5. The maximum absolute atomic E-state index is 12.8. The van der Waals surface area contributed by atoms with Crippen molar-refractivity contribution >= 4 is 55.6 Å². The second-order valence-corrected chi connectivity index (χ2v) is 9.10. The van der Waals surface area contributed by atoms with Gasteiger partial charge in [-0.3, -0.25) is 4.72 Å². The summed E-state index contributed by atoms with van der Waals surface area (Å²) < 4.78 is 35.4. The van der Waals surface area contributed by atoms with Gasteiger partial charge < -0.3 is 9.32 Å². The Kier molecular flexibility index (Phi) is 4.73. The second kappa shape index (κ2) is 7.42. The Balaban J connectivity index is 1.28. The summed E-state index contributed by atoms with van der Waals surface area (Å²) in [6.07, 6.45) is 0. The summed E-state index contributed by atoms with van der Waals surface area (Å²) in [7, 11) is -3.72. The zero-order chi connectivity index (χ0) is 20.7. The molecule has 10 heteroatoms. The normalized spacial score (nSPS) is 15.7. The highest BCUT2D eigenvalue weighted by Crippen LogP contribution is 2.26. The smallest absolute Gasteiger partial charge is 0.302 e. The lowest BCUT2D eigenvalue weighted by Crippen LogP contribution is -2.50. The van der Waals surface area contributed by atoms with Crippen molar-refractivity contribution in [3.05, 3.63) is 59.6 Å². The number of fused-ring (bicyclic) bond motifs is 2. The van der Waals surface area contributed by atoms with Crippen molar-refractivity contribution in [3.63, 3.8) is 0 Å². The van der Waals surface area contributed by atoms with Gasteiger partial charge >= 0.3 is 10.2 Å². The van der Waals surface area contributed by atoms with E-state index in [-0.39, 0.29) is 0 Å². The van der Waals surface area contributed by atoms with E-state index in [1.165, 1.54) is 4.31 Å². The molecule has 0 spiro atoms. The average Bonchev–Trinajstić information content (AvgIpc) is 3.17. The van der Waals surface area contributed by atoms with Crippen molar-refractivity contribution in [2.45, 2.75) is 0 Å². The summed E-state index contributed by atoms with van der Waals surface area (Å²) in [6, 6.07) is 16.8. The first-order valence-electron chi connectivity index (χ1n) is 9.43. The fraction of sp³-hybridized carbons (Fsp3) is 0.200. The van der Waals surface area contributed by atoms with Gasteiger partial charge in [0.05, 0.1) is 5.52 Å². The van der Waals surface area contributed by atoms with Crippen LogP contribution in [0.25, 0.3) is 22.0 Å². The van der Waals surface area contributed by atoms with Gasteiger partial charge in [-0.1, -0.05) is 29.8 Å². The number of aromatic nitrogens is 2. The van der Waals surface area contributed by atoms with Gasteiger partial charge in [-0.05, 0) is 30.3 Å². The number of hydrogen-bond acceptors (Lipinski definition) is 6. The van der Waals surface area contributed by atoms with Gasteiger partial charge in [0.25, 0.3) is 6.01 Å². The van der Waals surface area contributed by atoms with Crippen LogP contribution in [-0.4, -0.2) is 48.9 Å². The molecule has 0 aliphatic carbocycles. The maximum Gasteiger partial charge on any atom is 0.302 e. The standard InChI is InChI=1S/C20H18ClN5O3S/c21-15-6-7-17-18(13-15)29-20(23-17)25-9-11-26(12-10-25)30(27,28)24-19-8-5-14-3-1-2-4-16(14)22-19/h1-8,13H,9-12H2,(H,22,24). The van der Waals surface area contributed by atoms with E-state index in [4.69, 9.17) is 16.0 Å². The molecule has 0 radical (unpaired) electrons. The number of oxazole rings is 1. The molecule has 0 bridgehead atoms. The van der Waals surface area contributed by atoms with Gasteiger partial charge in [0.2, 0.25) is 0 Å². The van der Waals surface area contributed by atoms with E-state index in [9.17, 15) is 8.42 Å². The Morgan fingerprint density at radius 2 is 1.73 bits per heavy atom. The van der Waals surface area contributed by atoms with E-state index in [0.29, 0.717) is 54.1 Å². The zero-order valence-corrected chi connectivity index (χ0v) is 17.4. The molecule has 8 nitrogen and oxygen atoms in total. The topological polar surface area (TPSA) is 91.6 Å². The van der Waals surface area contributed by atoms with Gasteiger partial charge in [0.15, 0.2) is 5.58 Å². The molecular formula is C20H18ClN5O3S. The molecule has 0 amide bonds. The summed E-state index contributed by atoms with van der Waals surface area (Å²) in [5.41, 5.74) is 2.06. The number of rotatable bonds is 4. The molecule has 1 saturated heterocycles. The first-order valence-corrected chi connectivity index (χ1v) is 11.2. The maximum atomic E-state index is 12.8. The largest absolute Gasteiger partial charge is 0.423 e. The number of hydrogen-bond donors (Lipinski definition) is 1. The van der Waals surface area contributed by atoms with E-state index in [2.05, 4.69) is 14.7 Å². The molecule has 5 rings (SSSR count). The van der Waals surface area contributed by atoms with Gasteiger partial charge in [-0.2, -0.15) is 17.7 Å². The highest BCUT2D eigenvalue weighted by Gasteiger charge is 2.29. The lowest BCUT2D eigenvalue weighted by Gasteiger charge is -2.32. The fourth-order valence-electron chi connectivity index (χ4n) is 3.46. The molecule has 4 aromatic rings. The number of piperazine rings is 1. The Morgan fingerprint density at radius 1 is 0.933 bits per heavy atom. The van der Waals surface area contributed by atoms with Crippen molar-refractivity contribution in [1.29, 1.82) is 0 Å². The van der Waals surface area contributed by atoms with Gasteiger partial charge in [-0.25, -0.2) is 4.98 Å². The molecule has 0 atom stereocenters. The van der Waals surface area contributed by atoms with Crippen molar-refractivity contribution in [1.82, 2.24) is 14.3 Å². The van der Waals surface area contributed by atoms with Crippen LogP contribution in [0.15, 0.2) is 59.0 Å². The van der Waals surface area contributed by atoms with E-state index in [1.807, 2.05) is 35.2 Å². The third-order valence-corrected chi connectivity index (χ3v) is 6.77. The average molecular weight is 444 g/mol. The molecule has 0 unspecified atom stereocenters. The first kappa shape index (κ1) is 19.1. The summed E-state index contributed by atoms with van der Waals surface area (Å²) in [5.74, 6) is 0.298. The fourth-order valence-corrected chi connectivity index (χ4v) is 4.77. The van der Waals surface area contributed by atoms with Crippen LogP contribution in [0, 0.1) is 0 Å². The number of halogens is 1. The Morgan fingerprint density at radius 3 is 2.57 bits per heavy atom. The lowest BCUT2D eigenvalue weighted by molar-refractivity contribution is 0.376. The predicted molar refractivity (Wildman–Crippen MR) is 117 cm³/mol. The quantitative estimate of drug-likeness (QED) is 0.519. The molecule has 30 heavy (non-hydrogen) atoms. The van der Waals surface area contributed by atoms with Crippen LogP contribution in [0.4, 0.5) is 11.8 Å². The lowest BCUT2D eigenvalue weighted by atomic mass is 10.2. The molecule has 2 aromatic heterocycles. The van der Waals surface area contributed by atoms with E-state index < -0.39 is 10.2 Å². The van der Waals surface area contributed by atoms with Crippen LogP contribution in [-0.2, 0) is 10.2 Å². The second-order valence-electron chi connectivity index (χ2n) is 6.99. The summed E-state index contributed by atoms with van der Waals surface area (Å²) in [5, 5.41) is 1.53. The number of nitrogens with one attached hydrogen (secondary N) is 1. The van der Waals surface area contributed by atoms with Crippen LogP contribution >= 0.6 is 11.6 Å². The molecule has 2 aromatic carbocycles. The van der Waals surface area contributed by atoms with Crippen molar-refractivity contribution in [2.24, 2.45) is 0 Å². The summed E-state index contributed by atoms with van der Waals surface area (Å²) in [6.45, 7) is 1.55. The molecule has 1 fully saturated rings. The monoisotopic (exact) mass is 443 g/mol. The molecule has 154 valence electrons. The van der Waals surface area contributed by atoms with Gasteiger partial charge in [-0.15, -0.1) is 0 Å². The zero-order valence-electron chi connectivity index (χ0n) is 15.8. The predicted octanol–water partition coefficient (Wildman–Crippen LogP) is 3.51. The van der Waals surface area contributed by atoms with Gasteiger partial charge in [0, 0.05) is 42.7 Å². The molecule has 0 saturated carbocycles. The molecular weight excluding hydrogens is 426 g/mol. The van der Waals surface area contributed by atoms with Crippen LogP contribution < -0.4 is 9.62 Å².